The third-order valence-corrected chi connectivity index (χ3v) is 2.70. The van der Waals surface area contributed by atoms with Crippen LogP contribution in [0.25, 0.3) is 0 Å². The van der Waals surface area contributed by atoms with E-state index in [1.165, 1.54) is 0 Å². The number of nitrogens with zero attached hydrogens (tertiary/aromatic N) is 1. The lowest BCUT2D eigenvalue weighted by Gasteiger charge is -2.09. The number of H-pyrrole nitrogens is 1. The number of alkyl halides is 1. The third kappa shape index (κ3) is 2.32. The van der Waals surface area contributed by atoms with Crippen LogP contribution in [0.4, 0.5) is 4.39 Å². The fourth-order valence-corrected chi connectivity index (χ4v) is 1.93. The molecule has 1 heterocycles. The van der Waals surface area contributed by atoms with Gasteiger partial charge in [-0.15, -0.1) is 0 Å². The van der Waals surface area contributed by atoms with Crippen LogP contribution in [-0.2, 0) is 6.54 Å². The molecule has 1 aliphatic carbocycles. The number of rotatable bonds is 3. The van der Waals surface area contributed by atoms with Crippen molar-refractivity contribution < 1.29 is 4.39 Å². The minimum Gasteiger partial charge on any atom is -0.308 e. The molecule has 14 heavy (non-hydrogen) atoms. The molecular weight excluding hydrogens is 181 g/mol. The summed E-state index contributed by atoms with van der Waals surface area (Å²) in [7, 11) is 0. The summed E-state index contributed by atoms with van der Waals surface area (Å²) < 4.78 is 12.8. The van der Waals surface area contributed by atoms with E-state index >= 15 is 0 Å². The van der Waals surface area contributed by atoms with Crippen LogP contribution in [0.15, 0.2) is 6.07 Å². The average Bonchev–Trinajstić information content (AvgIpc) is 2.72. The molecule has 2 unspecified atom stereocenters. The van der Waals surface area contributed by atoms with Gasteiger partial charge in [0.15, 0.2) is 0 Å². The first-order chi connectivity index (χ1) is 6.74. The van der Waals surface area contributed by atoms with Crippen LogP contribution < -0.4 is 5.32 Å². The summed E-state index contributed by atoms with van der Waals surface area (Å²) in [5, 5.41) is 10.3. The molecule has 0 spiro atoms. The first-order valence-electron chi connectivity index (χ1n) is 5.12. The molecular formula is C10H16FN3. The maximum absolute atomic E-state index is 12.8. The summed E-state index contributed by atoms with van der Waals surface area (Å²) in [4.78, 5) is 0. The molecule has 1 aromatic heterocycles. The lowest BCUT2D eigenvalue weighted by molar-refractivity contribution is 0.333. The van der Waals surface area contributed by atoms with Crippen molar-refractivity contribution in [2.24, 2.45) is 0 Å². The molecule has 0 saturated heterocycles. The Kier molecular flexibility index (Phi) is 2.82. The Morgan fingerprint density at radius 3 is 3.07 bits per heavy atom. The molecule has 0 aliphatic heterocycles. The zero-order valence-corrected chi connectivity index (χ0v) is 8.39. The minimum absolute atomic E-state index is 0.335. The van der Waals surface area contributed by atoms with E-state index in [1.54, 1.807) is 0 Å². The Bertz CT molecular complexity index is 297. The topological polar surface area (TPSA) is 40.7 Å². The molecule has 0 aromatic carbocycles. The fraction of sp³-hybridized carbons (Fsp3) is 0.700. The molecule has 1 aromatic rings. The van der Waals surface area contributed by atoms with Gasteiger partial charge in [0.1, 0.15) is 6.17 Å². The highest BCUT2D eigenvalue weighted by molar-refractivity contribution is 5.06. The number of aromatic nitrogens is 2. The van der Waals surface area contributed by atoms with Crippen molar-refractivity contribution in [2.45, 2.75) is 44.9 Å². The van der Waals surface area contributed by atoms with E-state index in [0.29, 0.717) is 18.9 Å². The smallest absolute Gasteiger partial charge is 0.102 e. The van der Waals surface area contributed by atoms with Crippen molar-refractivity contribution in [3.8, 4) is 0 Å². The van der Waals surface area contributed by atoms with Crippen molar-refractivity contribution >= 4 is 0 Å². The van der Waals surface area contributed by atoms with Crippen molar-refractivity contribution in [3.63, 3.8) is 0 Å². The zero-order valence-electron chi connectivity index (χ0n) is 8.39. The summed E-state index contributed by atoms with van der Waals surface area (Å²) in [5.74, 6) is 0. The van der Waals surface area contributed by atoms with Crippen LogP contribution in [0.1, 0.15) is 30.7 Å². The Morgan fingerprint density at radius 2 is 2.50 bits per heavy atom. The largest absolute Gasteiger partial charge is 0.308 e. The van der Waals surface area contributed by atoms with Gasteiger partial charge in [0.05, 0.1) is 5.69 Å². The van der Waals surface area contributed by atoms with Crippen molar-refractivity contribution in [1.82, 2.24) is 15.5 Å². The quantitative estimate of drug-likeness (QED) is 0.774. The van der Waals surface area contributed by atoms with Crippen LogP contribution in [0, 0.1) is 6.92 Å². The second-order valence-electron chi connectivity index (χ2n) is 4.03. The van der Waals surface area contributed by atoms with Crippen LogP contribution in [0.2, 0.25) is 0 Å². The highest BCUT2D eigenvalue weighted by Crippen LogP contribution is 2.21. The van der Waals surface area contributed by atoms with Crippen LogP contribution in [0.3, 0.4) is 0 Å². The van der Waals surface area contributed by atoms with Gasteiger partial charge in [-0.05, 0) is 32.3 Å². The highest BCUT2D eigenvalue weighted by Gasteiger charge is 2.23. The van der Waals surface area contributed by atoms with E-state index in [0.717, 1.165) is 24.4 Å². The number of aromatic amines is 1. The van der Waals surface area contributed by atoms with Crippen LogP contribution >= 0.6 is 0 Å². The standard InChI is InChI=1S/C10H16FN3/c1-7-4-10(14-13-7)6-12-9-3-2-8(11)5-9/h4,8-9,12H,2-3,5-6H2,1H3,(H,13,14). The molecule has 2 rings (SSSR count). The molecule has 3 nitrogen and oxygen atoms in total. The molecule has 78 valence electrons. The first kappa shape index (κ1) is 9.65. The maximum Gasteiger partial charge on any atom is 0.102 e. The molecule has 1 saturated carbocycles. The van der Waals surface area contributed by atoms with Crippen molar-refractivity contribution in [1.29, 1.82) is 0 Å². The highest BCUT2D eigenvalue weighted by atomic mass is 19.1. The fourth-order valence-electron chi connectivity index (χ4n) is 1.93. The Labute approximate surface area is 83.1 Å². The Hall–Kier alpha value is -0.900. The Balaban J connectivity index is 1.77. The van der Waals surface area contributed by atoms with E-state index < -0.39 is 6.17 Å². The normalized spacial score (nSPS) is 27.0. The second kappa shape index (κ2) is 4.09. The summed E-state index contributed by atoms with van der Waals surface area (Å²) in [6, 6.07) is 2.34. The number of hydrogen-bond acceptors (Lipinski definition) is 2. The van der Waals surface area contributed by atoms with Gasteiger partial charge in [-0.25, -0.2) is 4.39 Å². The molecule has 1 fully saturated rings. The minimum atomic E-state index is -0.603. The Morgan fingerprint density at radius 1 is 1.64 bits per heavy atom. The summed E-state index contributed by atoms with van der Waals surface area (Å²) in [5.41, 5.74) is 2.07. The van der Waals surface area contributed by atoms with E-state index in [-0.39, 0.29) is 0 Å². The van der Waals surface area contributed by atoms with E-state index in [9.17, 15) is 4.39 Å². The van der Waals surface area contributed by atoms with Crippen LogP contribution in [0.5, 0.6) is 0 Å². The van der Waals surface area contributed by atoms with Gasteiger partial charge in [0.2, 0.25) is 0 Å². The lowest BCUT2D eigenvalue weighted by Crippen LogP contribution is -2.26. The third-order valence-electron chi connectivity index (χ3n) is 2.70. The number of nitrogens with one attached hydrogen (secondary N) is 2. The first-order valence-corrected chi connectivity index (χ1v) is 5.12. The van der Waals surface area contributed by atoms with Crippen molar-refractivity contribution in [2.75, 3.05) is 0 Å². The predicted molar refractivity (Wildman–Crippen MR) is 52.7 cm³/mol. The van der Waals surface area contributed by atoms with Gasteiger partial charge in [0, 0.05) is 18.3 Å². The SMILES string of the molecule is Cc1cc(CNC2CCC(F)C2)n[nH]1. The van der Waals surface area contributed by atoms with Gasteiger partial charge in [-0.1, -0.05) is 0 Å². The number of halogens is 1. The molecule has 0 bridgehead atoms. The summed E-state index contributed by atoms with van der Waals surface area (Å²) in [6.07, 6.45) is 1.71. The van der Waals surface area contributed by atoms with Gasteiger partial charge < -0.3 is 5.32 Å². The zero-order chi connectivity index (χ0) is 9.97. The van der Waals surface area contributed by atoms with Gasteiger partial charge in [-0.2, -0.15) is 5.10 Å². The molecule has 1 aliphatic rings. The van der Waals surface area contributed by atoms with E-state index in [2.05, 4.69) is 15.5 Å². The predicted octanol–water partition coefficient (Wildman–Crippen LogP) is 1.70. The molecule has 0 radical (unpaired) electrons. The summed E-state index contributed by atoms with van der Waals surface area (Å²) in [6.45, 7) is 2.71. The van der Waals surface area contributed by atoms with Crippen molar-refractivity contribution in [3.05, 3.63) is 17.5 Å². The molecule has 0 amide bonds. The second-order valence-corrected chi connectivity index (χ2v) is 4.03. The van der Waals surface area contributed by atoms with E-state index in [4.69, 9.17) is 0 Å². The molecule has 2 N–H and O–H groups in total. The summed E-state index contributed by atoms with van der Waals surface area (Å²) >= 11 is 0. The lowest BCUT2D eigenvalue weighted by atomic mass is 10.2. The van der Waals surface area contributed by atoms with Crippen LogP contribution in [-0.4, -0.2) is 22.4 Å². The number of hydrogen-bond donors (Lipinski definition) is 2. The monoisotopic (exact) mass is 197 g/mol. The number of aryl methyl sites for hydroxylation is 1. The van der Waals surface area contributed by atoms with Gasteiger partial charge >= 0.3 is 0 Å². The van der Waals surface area contributed by atoms with E-state index in [1.807, 2.05) is 13.0 Å². The molecule has 4 heteroatoms. The van der Waals surface area contributed by atoms with Gasteiger partial charge in [0.25, 0.3) is 0 Å². The van der Waals surface area contributed by atoms with Gasteiger partial charge in [-0.3, -0.25) is 5.10 Å². The average molecular weight is 197 g/mol. The molecule has 2 atom stereocenters. The maximum atomic E-state index is 12.8.